The number of carbonyl (C=O) groups is 1. The van der Waals surface area contributed by atoms with E-state index < -0.39 is 0 Å². The number of piperazine rings is 1. The Morgan fingerprint density at radius 3 is 3.06 bits per heavy atom. The highest BCUT2D eigenvalue weighted by Crippen LogP contribution is 2.10. The lowest BCUT2D eigenvalue weighted by molar-refractivity contribution is -0.133. The summed E-state index contributed by atoms with van der Waals surface area (Å²) < 4.78 is 0. The Morgan fingerprint density at radius 1 is 1.50 bits per heavy atom. The summed E-state index contributed by atoms with van der Waals surface area (Å²) in [5, 5.41) is 3.31. The summed E-state index contributed by atoms with van der Waals surface area (Å²) in [5.74, 6) is 0.283. The molecule has 0 bridgehead atoms. The second kappa shape index (κ2) is 6.01. The normalized spacial score (nSPS) is 19.9. The van der Waals surface area contributed by atoms with Gasteiger partial charge in [-0.25, -0.2) is 0 Å². The standard InChI is InChI=1S/C15H22N2O/c1-12-4-3-5-14(10-12)6-7-15(18)17-9-8-16-11-13(17)2/h3-5,10,13,16H,6-9,11H2,1-2H3/t13-/m1/s1. The molecule has 0 unspecified atom stereocenters. The molecule has 0 saturated carbocycles. The molecule has 3 nitrogen and oxygen atoms in total. The zero-order chi connectivity index (χ0) is 13.0. The van der Waals surface area contributed by atoms with E-state index in [1.807, 2.05) is 4.90 Å². The quantitative estimate of drug-likeness (QED) is 0.881. The summed E-state index contributed by atoms with van der Waals surface area (Å²) in [4.78, 5) is 14.2. The van der Waals surface area contributed by atoms with Crippen LogP contribution in [-0.2, 0) is 11.2 Å². The van der Waals surface area contributed by atoms with Crippen molar-refractivity contribution in [3.8, 4) is 0 Å². The molecule has 1 aromatic rings. The van der Waals surface area contributed by atoms with E-state index in [0.29, 0.717) is 12.5 Å². The zero-order valence-corrected chi connectivity index (χ0v) is 11.3. The van der Waals surface area contributed by atoms with Crippen LogP contribution in [0.1, 0.15) is 24.5 Å². The highest BCUT2D eigenvalue weighted by Gasteiger charge is 2.22. The van der Waals surface area contributed by atoms with Gasteiger partial charge in [-0.1, -0.05) is 29.8 Å². The van der Waals surface area contributed by atoms with Gasteiger partial charge >= 0.3 is 0 Å². The third-order valence-electron chi connectivity index (χ3n) is 3.53. The van der Waals surface area contributed by atoms with Gasteiger partial charge in [-0.15, -0.1) is 0 Å². The maximum atomic E-state index is 12.2. The van der Waals surface area contributed by atoms with Crippen molar-refractivity contribution >= 4 is 5.91 Å². The van der Waals surface area contributed by atoms with Gasteiger partial charge in [-0.2, -0.15) is 0 Å². The van der Waals surface area contributed by atoms with Crippen LogP contribution in [0.3, 0.4) is 0 Å². The van der Waals surface area contributed by atoms with Crippen LogP contribution in [0.15, 0.2) is 24.3 Å². The molecule has 18 heavy (non-hydrogen) atoms. The number of hydrogen-bond donors (Lipinski definition) is 1. The van der Waals surface area contributed by atoms with Crippen molar-refractivity contribution in [3.63, 3.8) is 0 Å². The minimum atomic E-state index is 0.283. The number of rotatable bonds is 3. The summed E-state index contributed by atoms with van der Waals surface area (Å²) in [5.41, 5.74) is 2.52. The number of carbonyl (C=O) groups excluding carboxylic acids is 1. The van der Waals surface area contributed by atoms with Gasteiger partial charge in [-0.05, 0) is 25.8 Å². The Morgan fingerprint density at radius 2 is 2.33 bits per heavy atom. The van der Waals surface area contributed by atoms with Gasteiger partial charge in [0.15, 0.2) is 0 Å². The van der Waals surface area contributed by atoms with Gasteiger partial charge in [0.25, 0.3) is 0 Å². The summed E-state index contributed by atoms with van der Waals surface area (Å²) in [6.07, 6.45) is 1.46. The van der Waals surface area contributed by atoms with E-state index in [4.69, 9.17) is 0 Å². The fraction of sp³-hybridized carbons (Fsp3) is 0.533. The minimum Gasteiger partial charge on any atom is -0.337 e. The van der Waals surface area contributed by atoms with Gasteiger partial charge < -0.3 is 10.2 Å². The average Bonchev–Trinajstić information content (AvgIpc) is 2.37. The third kappa shape index (κ3) is 3.33. The first-order valence-corrected chi connectivity index (χ1v) is 6.72. The molecule has 1 amide bonds. The van der Waals surface area contributed by atoms with E-state index in [0.717, 1.165) is 26.1 Å². The highest BCUT2D eigenvalue weighted by atomic mass is 16.2. The van der Waals surface area contributed by atoms with Gasteiger partial charge in [0.05, 0.1) is 0 Å². The number of benzene rings is 1. The van der Waals surface area contributed by atoms with Crippen LogP contribution in [0, 0.1) is 6.92 Å². The SMILES string of the molecule is Cc1cccc(CCC(=O)N2CCNC[C@H]2C)c1. The smallest absolute Gasteiger partial charge is 0.223 e. The number of amides is 1. The van der Waals surface area contributed by atoms with Crippen molar-refractivity contribution in [3.05, 3.63) is 35.4 Å². The van der Waals surface area contributed by atoms with Crippen molar-refractivity contribution in [2.75, 3.05) is 19.6 Å². The van der Waals surface area contributed by atoms with Gasteiger partial charge in [0, 0.05) is 32.1 Å². The molecule has 1 fully saturated rings. The van der Waals surface area contributed by atoms with Crippen LogP contribution in [0.2, 0.25) is 0 Å². The van der Waals surface area contributed by atoms with Crippen molar-refractivity contribution in [2.24, 2.45) is 0 Å². The highest BCUT2D eigenvalue weighted by molar-refractivity contribution is 5.77. The topological polar surface area (TPSA) is 32.3 Å². The Balaban J connectivity index is 1.88. The second-order valence-electron chi connectivity index (χ2n) is 5.13. The lowest BCUT2D eigenvalue weighted by Crippen LogP contribution is -2.52. The Labute approximate surface area is 109 Å². The maximum Gasteiger partial charge on any atom is 0.223 e. The summed E-state index contributed by atoms with van der Waals surface area (Å²) in [6.45, 7) is 6.87. The molecule has 0 spiro atoms. The van der Waals surface area contributed by atoms with Crippen molar-refractivity contribution in [1.82, 2.24) is 10.2 Å². The number of nitrogens with one attached hydrogen (secondary N) is 1. The molecule has 0 aliphatic carbocycles. The van der Waals surface area contributed by atoms with Crippen LogP contribution in [-0.4, -0.2) is 36.5 Å². The predicted molar refractivity (Wildman–Crippen MR) is 73.5 cm³/mol. The van der Waals surface area contributed by atoms with Gasteiger partial charge in [0.1, 0.15) is 0 Å². The predicted octanol–water partition coefficient (Wildman–Crippen LogP) is 1.75. The van der Waals surface area contributed by atoms with Crippen LogP contribution in [0.5, 0.6) is 0 Å². The van der Waals surface area contributed by atoms with Crippen LogP contribution < -0.4 is 5.32 Å². The molecule has 1 aromatic carbocycles. The van der Waals surface area contributed by atoms with Crippen molar-refractivity contribution in [2.45, 2.75) is 32.7 Å². The van der Waals surface area contributed by atoms with Gasteiger partial charge in [0.2, 0.25) is 5.91 Å². The summed E-state index contributed by atoms with van der Waals surface area (Å²) in [6, 6.07) is 8.73. The zero-order valence-electron chi connectivity index (χ0n) is 11.3. The summed E-state index contributed by atoms with van der Waals surface area (Å²) in [7, 11) is 0. The van der Waals surface area contributed by atoms with Crippen molar-refractivity contribution in [1.29, 1.82) is 0 Å². The molecular weight excluding hydrogens is 224 g/mol. The molecule has 98 valence electrons. The van der Waals surface area contributed by atoms with E-state index in [2.05, 4.69) is 43.4 Å². The molecule has 0 radical (unpaired) electrons. The number of hydrogen-bond acceptors (Lipinski definition) is 2. The molecule has 1 aliphatic rings. The van der Waals surface area contributed by atoms with E-state index in [1.165, 1.54) is 11.1 Å². The van der Waals surface area contributed by atoms with Crippen LogP contribution >= 0.6 is 0 Å². The Bertz CT molecular complexity index is 417. The van der Waals surface area contributed by atoms with E-state index in [1.54, 1.807) is 0 Å². The first kappa shape index (κ1) is 13.1. The molecule has 3 heteroatoms. The minimum absolute atomic E-state index is 0.283. The Hall–Kier alpha value is -1.35. The average molecular weight is 246 g/mol. The largest absolute Gasteiger partial charge is 0.337 e. The maximum absolute atomic E-state index is 12.2. The van der Waals surface area contributed by atoms with Crippen molar-refractivity contribution < 1.29 is 4.79 Å². The van der Waals surface area contributed by atoms with E-state index in [-0.39, 0.29) is 5.91 Å². The molecule has 1 N–H and O–H groups in total. The molecule has 1 atom stereocenters. The molecule has 2 rings (SSSR count). The number of nitrogens with zero attached hydrogens (tertiary/aromatic N) is 1. The van der Waals surface area contributed by atoms with Crippen LogP contribution in [0.25, 0.3) is 0 Å². The first-order valence-electron chi connectivity index (χ1n) is 6.72. The van der Waals surface area contributed by atoms with E-state index in [9.17, 15) is 4.79 Å². The molecule has 1 heterocycles. The van der Waals surface area contributed by atoms with E-state index >= 15 is 0 Å². The molecule has 0 aromatic heterocycles. The second-order valence-corrected chi connectivity index (χ2v) is 5.13. The molecule has 1 aliphatic heterocycles. The number of aryl methyl sites for hydroxylation is 2. The third-order valence-corrected chi connectivity index (χ3v) is 3.53. The monoisotopic (exact) mass is 246 g/mol. The lowest BCUT2D eigenvalue weighted by atomic mass is 10.1. The molecular formula is C15H22N2O. The summed E-state index contributed by atoms with van der Waals surface area (Å²) >= 11 is 0. The molecule has 1 saturated heterocycles. The van der Waals surface area contributed by atoms with Crippen LogP contribution in [0.4, 0.5) is 0 Å². The lowest BCUT2D eigenvalue weighted by Gasteiger charge is -2.34. The Kier molecular flexibility index (Phi) is 4.37. The fourth-order valence-corrected chi connectivity index (χ4v) is 2.47. The first-order chi connectivity index (χ1) is 8.66. The fourth-order valence-electron chi connectivity index (χ4n) is 2.47. The van der Waals surface area contributed by atoms with Gasteiger partial charge in [-0.3, -0.25) is 4.79 Å².